The third-order valence-corrected chi connectivity index (χ3v) is 5.26. The Morgan fingerprint density at radius 2 is 1.87 bits per heavy atom. The van der Waals surface area contributed by atoms with E-state index in [1.165, 1.54) is 4.52 Å². The Hall–Kier alpha value is -3.55. The van der Waals surface area contributed by atoms with Crippen LogP contribution in [0.5, 0.6) is 11.5 Å². The van der Waals surface area contributed by atoms with Crippen LogP contribution >= 0.6 is 0 Å². The zero-order valence-corrected chi connectivity index (χ0v) is 17.8. The maximum Gasteiger partial charge on any atom is 0.273 e. The third kappa shape index (κ3) is 3.14. The lowest BCUT2D eigenvalue weighted by atomic mass is 10.0. The summed E-state index contributed by atoms with van der Waals surface area (Å²) in [4.78, 5) is 17.8. The third-order valence-electron chi connectivity index (χ3n) is 5.26. The van der Waals surface area contributed by atoms with Gasteiger partial charge in [-0.1, -0.05) is 13.0 Å². The van der Waals surface area contributed by atoms with Crippen LogP contribution in [0.1, 0.15) is 25.2 Å². The molecule has 8 heteroatoms. The minimum atomic E-state index is -0.167. The van der Waals surface area contributed by atoms with Gasteiger partial charge in [0, 0.05) is 35.6 Å². The van der Waals surface area contributed by atoms with Crippen LogP contribution in [0.4, 0.5) is 0 Å². The topological polar surface area (TPSA) is 86.4 Å². The predicted molar refractivity (Wildman–Crippen MR) is 115 cm³/mol. The van der Waals surface area contributed by atoms with Crippen LogP contribution in [0.15, 0.2) is 35.3 Å². The first kappa shape index (κ1) is 19.8. The maximum absolute atomic E-state index is 12.9. The summed E-state index contributed by atoms with van der Waals surface area (Å²) < 4.78 is 14.2. The van der Waals surface area contributed by atoms with Gasteiger partial charge < -0.3 is 9.47 Å². The average Bonchev–Trinajstić information content (AvgIpc) is 3.33. The first-order chi connectivity index (χ1) is 14.5. The molecule has 1 aromatic carbocycles. The molecule has 1 N–H and O–H groups in total. The maximum atomic E-state index is 12.9. The number of hydrogen-bond acceptors (Lipinski definition) is 5. The van der Waals surface area contributed by atoms with Crippen LogP contribution in [-0.4, -0.2) is 38.6 Å². The fourth-order valence-corrected chi connectivity index (χ4v) is 3.70. The molecule has 3 aromatic heterocycles. The average molecular weight is 407 g/mol. The van der Waals surface area contributed by atoms with Crippen molar-refractivity contribution < 1.29 is 9.47 Å². The highest BCUT2D eigenvalue weighted by molar-refractivity contribution is 5.82. The fraction of sp³-hybridized carbons (Fsp3) is 0.318. The largest absolute Gasteiger partial charge is 0.493 e. The van der Waals surface area contributed by atoms with E-state index < -0.39 is 0 Å². The molecule has 3 heterocycles. The van der Waals surface area contributed by atoms with E-state index in [1.54, 1.807) is 20.3 Å². The Morgan fingerprint density at radius 3 is 2.50 bits per heavy atom. The number of benzene rings is 1. The van der Waals surface area contributed by atoms with Crippen molar-refractivity contribution in [1.82, 2.24) is 24.4 Å². The number of aromatic amines is 1. The van der Waals surface area contributed by atoms with Gasteiger partial charge in [-0.25, -0.2) is 9.50 Å². The molecule has 0 bridgehead atoms. The summed E-state index contributed by atoms with van der Waals surface area (Å²) in [5.41, 5.74) is 5.41. The Bertz CT molecular complexity index is 1280. The summed E-state index contributed by atoms with van der Waals surface area (Å²) in [5.74, 6) is 1.27. The first-order valence-electron chi connectivity index (χ1n) is 9.92. The molecular weight excluding hydrogens is 382 g/mol. The molecule has 0 radical (unpaired) electrons. The second-order valence-electron chi connectivity index (χ2n) is 7.01. The predicted octanol–water partition coefficient (Wildman–Crippen LogP) is 3.46. The zero-order valence-electron chi connectivity index (χ0n) is 17.8. The molecule has 30 heavy (non-hydrogen) atoms. The molecule has 0 spiro atoms. The first-order valence-corrected chi connectivity index (χ1v) is 9.92. The van der Waals surface area contributed by atoms with E-state index in [-0.39, 0.29) is 5.56 Å². The van der Waals surface area contributed by atoms with E-state index in [9.17, 15) is 4.79 Å². The summed E-state index contributed by atoms with van der Waals surface area (Å²) in [6.07, 6.45) is 2.64. The van der Waals surface area contributed by atoms with Gasteiger partial charge in [0.05, 0.1) is 25.6 Å². The zero-order chi connectivity index (χ0) is 21.4. The number of nitrogens with zero attached hydrogens (tertiary/aromatic N) is 4. The van der Waals surface area contributed by atoms with Gasteiger partial charge in [0.15, 0.2) is 17.1 Å². The van der Waals surface area contributed by atoms with Crippen molar-refractivity contribution in [1.29, 1.82) is 0 Å². The van der Waals surface area contributed by atoms with Crippen molar-refractivity contribution >= 4 is 5.65 Å². The van der Waals surface area contributed by atoms with Crippen LogP contribution in [0.25, 0.3) is 28.0 Å². The van der Waals surface area contributed by atoms with E-state index in [2.05, 4.69) is 10.2 Å². The molecular formula is C22H25N5O3. The second-order valence-corrected chi connectivity index (χ2v) is 7.01. The van der Waals surface area contributed by atoms with Gasteiger partial charge in [0.2, 0.25) is 0 Å². The minimum absolute atomic E-state index is 0.167. The van der Waals surface area contributed by atoms with E-state index in [0.717, 1.165) is 34.6 Å². The van der Waals surface area contributed by atoms with Gasteiger partial charge in [-0.3, -0.25) is 14.6 Å². The summed E-state index contributed by atoms with van der Waals surface area (Å²) in [6.45, 7) is 6.74. The molecule has 0 amide bonds. The monoisotopic (exact) mass is 407 g/mol. The molecule has 0 aliphatic rings. The Labute approximate surface area is 174 Å². The molecule has 0 saturated heterocycles. The van der Waals surface area contributed by atoms with Crippen LogP contribution in [0.3, 0.4) is 0 Å². The van der Waals surface area contributed by atoms with Crippen molar-refractivity contribution in [3.8, 4) is 33.9 Å². The summed E-state index contributed by atoms with van der Waals surface area (Å²) in [7, 11) is 3.21. The number of ether oxygens (including phenoxy) is 2. The standard InChI is InChI=1S/C22H25N5O3/c1-6-16-21(14-8-9-18(29-4)19(10-14)30-5)22-23-17(11-20(28)27(22)25-16)15-12-26(7-2)24-13(15)3/h8-12,25H,6-7H2,1-5H3. The lowest BCUT2D eigenvalue weighted by Crippen LogP contribution is -2.14. The van der Waals surface area contributed by atoms with E-state index >= 15 is 0 Å². The Morgan fingerprint density at radius 1 is 1.10 bits per heavy atom. The number of H-pyrrole nitrogens is 1. The quantitative estimate of drug-likeness (QED) is 0.529. The van der Waals surface area contributed by atoms with Crippen LogP contribution in [0.2, 0.25) is 0 Å². The van der Waals surface area contributed by atoms with Crippen LogP contribution in [-0.2, 0) is 13.0 Å². The summed E-state index contributed by atoms with van der Waals surface area (Å²) in [5, 5.41) is 7.69. The number of rotatable bonds is 6. The van der Waals surface area contributed by atoms with Crippen molar-refractivity contribution in [3.05, 3.63) is 52.2 Å². The van der Waals surface area contributed by atoms with Gasteiger partial charge in [0.1, 0.15) is 0 Å². The Kier molecular flexibility index (Phi) is 5.07. The highest BCUT2D eigenvalue weighted by Gasteiger charge is 2.19. The highest BCUT2D eigenvalue weighted by atomic mass is 16.5. The molecule has 0 saturated carbocycles. The number of methoxy groups -OCH3 is 2. The molecule has 0 aliphatic carbocycles. The molecule has 0 atom stereocenters. The summed E-state index contributed by atoms with van der Waals surface area (Å²) in [6, 6.07) is 7.25. The van der Waals surface area contributed by atoms with E-state index in [0.29, 0.717) is 29.3 Å². The van der Waals surface area contributed by atoms with Crippen molar-refractivity contribution in [3.63, 3.8) is 0 Å². The van der Waals surface area contributed by atoms with Crippen molar-refractivity contribution in [2.24, 2.45) is 0 Å². The summed E-state index contributed by atoms with van der Waals surface area (Å²) >= 11 is 0. The number of aromatic nitrogens is 5. The van der Waals surface area contributed by atoms with Crippen molar-refractivity contribution in [2.45, 2.75) is 33.7 Å². The molecule has 0 aliphatic heterocycles. The highest BCUT2D eigenvalue weighted by Crippen LogP contribution is 2.35. The van der Waals surface area contributed by atoms with E-state index in [4.69, 9.17) is 14.5 Å². The second kappa shape index (κ2) is 7.70. The van der Waals surface area contributed by atoms with Crippen LogP contribution < -0.4 is 15.0 Å². The molecule has 8 nitrogen and oxygen atoms in total. The molecule has 0 fully saturated rings. The number of aryl methyl sites for hydroxylation is 3. The van der Waals surface area contributed by atoms with Gasteiger partial charge in [-0.2, -0.15) is 5.10 Å². The van der Waals surface area contributed by atoms with Crippen LogP contribution in [0, 0.1) is 6.92 Å². The normalized spacial score (nSPS) is 11.2. The van der Waals surface area contributed by atoms with Gasteiger partial charge in [-0.05, 0) is 38.0 Å². The fourth-order valence-electron chi connectivity index (χ4n) is 3.70. The Balaban J connectivity index is 1.99. The molecule has 4 rings (SSSR count). The van der Waals surface area contributed by atoms with Gasteiger partial charge >= 0.3 is 0 Å². The lowest BCUT2D eigenvalue weighted by molar-refractivity contribution is 0.355. The lowest BCUT2D eigenvalue weighted by Gasteiger charge is -2.10. The number of nitrogens with one attached hydrogen (secondary N) is 1. The number of hydrogen-bond donors (Lipinski definition) is 1. The smallest absolute Gasteiger partial charge is 0.273 e. The van der Waals surface area contributed by atoms with Crippen molar-refractivity contribution in [2.75, 3.05) is 14.2 Å². The molecule has 4 aromatic rings. The molecule has 156 valence electrons. The molecule has 0 unspecified atom stereocenters. The van der Waals surface area contributed by atoms with Gasteiger partial charge in [0.25, 0.3) is 5.56 Å². The number of fused-ring (bicyclic) bond motifs is 1. The SMILES string of the molecule is CCc1[nH]n2c(=O)cc(-c3cn(CC)nc3C)nc2c1-c1ccc(OC)c(OC)c1. The minimum Gasteiger partial charge on any atom is -0.493 e. The van der Waals surface area contributed by atoms with Gasteiger partial charge in [-0.15, -0.1) is 0 Å². The van der Waals surface area contributed by atoms with E-state index in [1.807, 2.05) is 49.8 Å².